The van der Waals surface area contributed by atoms with Gasteiger partial charge in [0.05, 0.1) is 19.3 Å². The van der Waals surface area contributed by atoms with E-state index in [1.165, 1.54) is 6.07 Å². The van der Waals surface area contributed by atoms with Crippen LogP contribution in [0.15, 0.2) is 12.1 Å². The van der Waals surface area contributed by atoms with Crippen LogP contribution in [-0.2, 0) is 11.3 Å². The van der Waals surface area contributed by atoms with Gasteiger partial charge in [0.25, 0.3) is 0 Å². The van der Waals surface area contributed by atoms with Crippen molar-refractivity contribution in [2.45, 2.75) is 13.2 Å². The summed E-state index contributed by atoms with van der Waals surface area (Å²) in [5.41, 5.74) is -0.420. The molecule has 0 spiro atoms. The van der Waals surface area contributed by atoms with Gasteiger partial charge in [-0.2, -0.15) is 14.0 Å². The van der Waals surface area contributed by atoms with E-state index >= 15 is 0 Å². The molecule has 5 nitrogen and oxygen atoms in total. The fourth-order valence-corrected chi connectivity index (χ4v) is 1.35. The molecule has 1 rings (SSSR count). The predicted octanol–water partition coefficient (Wildman–Crippen LogP) is 1.44. The highest BCUT2D eigenvalue weighted by Crippen LogP contribution is 2.27. The molecule has 0 unspecified atom stereocenters. The molecule has 0 radical (unpaired) electrons. The molecule has 0 aromatic heterocycles. The van der Waals surface area contributed by atoms with Gasteiger partial charge < -0.3 is 14.6 Å². The summed E-state index contributed by atoms with van der Waals surface area (Å²) < 4.78 is 33.0. The van der Waals surface area contributed by atoms with E-state index in [0.717, 1.165) is 13.2 Å². The molecule has 96 valence electrons. The molecule has 0 aliphatic carbocycles. The second-order valence-corrected chi connectivity index (χ2v) is 3.16. The van der Waals surface area contributed by atoms with E-state index in [0.29, 0.717) is 0 Å². The number of methoxy groups -OCH3 is 1. The number of aliphatic hydroxyl groups excluding tert-OH is 1. The minimum absolute atomic E-state index is 0.176. The quantitative estimate of drug-likeness (QED) is 0.825. The lowest BCUT2D eigenvalue weighted by molar-refractivity contribution is -0.0505. The van der Waals surface area contributed by atoms with Crippen molar-refractivity contribution in [1.29, 1.82) is 5.26 Å². The van der Waals surface area contributed by atoms with Crippen LogP contribution in [0.5, 0.6) is 5.75 Å². The number of alkyl halides is 2. The van der Waals surface area contributed by atoms with Gasteiger partial charge in [0, 0.05) is 0 Å². The molecule has 0 atom stereocenters. The number of halogens is 2. The second-order valence-electron chi connectivity index (χ2n) is 3.16. The number of aliphatic hydroxyl groups is 1. The molecule has 0 amide bonds. The Morgan fingerprint density at radius 3 is 2.67 bits per heavy atom. The molecule has 0 saturated heterocycles. The first-order valence-electron chi connectivity index (χ1n) is 4.74. The number of nitriles is 1. The third-order valence-corrected chi connectivity index (χ3v) is 2.07. The molecule has 18 heavy (non-hydrogen) atoms. The van der Waals surface area contributed by atoms with Crippen molar-refractivity contribution in [1.82, 2.24) is 0 Å². The molecule has 0 saturated carbocycles. The minimum atomic E-state index is -3.16. The van der Waals surface area contributed by atoms with Crippen LogP contribution in [0.25, 0.3) is 0 Å². The molecular weight excluding hydrogens is 248 g/mol. The van der Waals surface area contributed by atoms with Crippen LogP contribution in [-0.4, -0.2) is 24.8 Å². The van der Waals surface area contributed by atoms with Crippen molar-refractivity contribution in [3.05, 3.63) is 28.8 Å². The Morgan fingerprint density at radius 1 is 1.56 bits per heavy atom. The Morgan fingerprint density at radius 2 is 2.22 bits per heavy atom. The van der Waals surface area contributed by atoms with Crippen LogP contribution in [0, 0.1) is 11.3 Å². The van der Waals surface area contributed by atoms with E-state index in [2.05, 4.69) is 9.47 Å². The highest BCUT2D eigenvalue weighted by atomic mass is 19.3. The van der Waals surface area contributed by atoms with Gasteiger partial charge >= 0.3 is 12.6 Å². The number of hydrogen-bond acceptors (Lipinski definition) is 5. The third-order valence-electron chi connectivity index (χ3n) is 2.07. The highest BCUT2D eigenvalue weighted by Gasteiger charge is 2.22. The van der Waals surface area contributed by atoms with Gasteiger partial charge in [-0.15, -0.1) is 0 Å². The molecule has 0 bridgehead atoms. The Labute approximate surface area is 101 Å². The van der Waals surface area contributed by atoms with Gasteiger partial charge in [0.1, 0.15) is 17.4 Å². The van der Waals surface area contributed by atoms with Crippen LogP contribution in [0.3, 0.4) is 0 Å². The van der Waals surface area contributed by atoms with Crippen LogP contribution < -0.4 is 4.74 Å². The Hall–Kier alpha value is -2.20. The molecule has 0 aliphatic heterocycles. The summed E-state index contributed by atoms with van der Waals surface area (Å²) in [6, 6.07) is 3.92. The summed E-state index contributed by atoms with van der Waals surface area (Å²) in [6.07, 6.45) is 0. The van der Waals surface area contributed by atoms with Crippen molar-refractivity contribution in [3.8, 4) is 11.8 Å². The summed E-state index contributed by atoms with van der Waals surface area (Å²) in [6.45, 7) is -3.63. The number of esters is 1. The van der Waals surface area contributed by atoms with E-state index in [1.807, 2.05) is 0 Å². The maximum absolute atomic E-state index is 12.2. The van der Waals surface area contributed by atoms with Crippen LogP contribution in [0.1, 0.15) is 21.5 Å². The topological polar surface area (TPSA) is 79.6 Å². The predicted molar refractivity (Wildman–Crippen MR) is 55.1 cm³/mol. The summed E-state index contributed by atoms with van der Waals surface area (Å²) >= 11 is 0. The number of benzene rings is 1. The number of carbonyl (C=O) groups excluding carboxylic acids is 1. The zero-order chi connectivity index (χ0) is 13.7. The van der Waals surface area contributed by atoms with E-state index in [-0.39, 0.29) is 11.1 Å². The SMILES string of the molecule is COC(=O)c1c(C#N)cc(CO)cc1OC(F)F. The average Bonchev–Trinajstić information content (AvgIpc) is 2.36. The first-order valence-corrected chi connectivity index (χ1v) is 4.74. The highest BCUT2D eigenvalue weighted by molar-refractivity contribution is 5.95. The molecule has 0 fully saturated rings. The lowest BCUT2D eigenvalue weighted by Gasteiger charge is -2.12. The fraction of sp³-hybridized carbons (Fsp3) is 0.273. The number of carbonyl (C=O) groups is 1. The summed E-state index contributed by atoms with van der Waals surface area (Å²) in [5.74, 6) is -1.47. The van der Waals surface area contributed by atoms with E-state index < -0.39 is 30.5 Å². The van der Waals surface area contributed by atoms with Crippen LogP contribution in [0.2, 0.25) is 0 Å². The van der Waals surface area contributed by atoms with E-state index in [9.17, 15) is 13.6 Å². The van der Waals surface area contributed by atoms with Crippen LogP contribution in [0.4, 0.5) is 8.78 Å². The monoisotopic (exact) mass is 257 g/mol. The Balaban J connectivity index is 3.43. The van der Waals surface area contributed by atoms with E-state index in [1.54, 1.807) is 6.07 Å². The molecule has 1 N–H and O–H groups in total. The van der Waals surface area contributed by atoms with Gasteiger partial charge in [-0.3, -0.25) is 0 Å². The molecule has 1 aromatic carbocycles. The van der Waals surface area contributed by atoms with Gasteiger partial charge in [-0.1, -0.05) is 0 Å². The largest absolute Gasteiger partial charge is 0.465 e. The third kappa shape index (κ3) is 2.93. The molecule has 0 aliphatic rings. The van der Waals surface area contributed by atoms with Crippen molar-refractivity contribution < 1.29 is 28.2 Å². The first-order chi connectivity index (χ1) is 8.53. The Bertz CT molecular complexity index is 497. The fourth-order valence-electron chi connectivity index (χ4n) is 1.35. The van der Waals surface area contributed by atoms with Crippen molar-refractivity contribution >= 4 is 5.97 Å². The number of rotatable bonds is 4. The molecule has 0 heterocycles. The minimum Gasteiger partial charge on any atom is -0.465 e. The number of hydrogen-bond donors (Lipinski definition) is 1. The maximum Gasteiger partial charge on any atom is 0.387 e. The normalized spacial score (nSPS) is 10.0. The lowest BCUT2D eigenvalue weighted by atomic mass is 10.0. The molecular formula is C11H9F2NO4. The van der Waals surface area contributed by atoms with Gasteiger partial charge in [0.15, 0.2) is 0 Å². The van der Waals surface area contributed by atoms with E-state index in [4.69, 9.17) is 10.4 Å². The maximum atomic E-state index is 12.2. The zero-order valence-electron chi connectivity index (χ0n) is 9.31. The van der Waals surface area contributed by atoms with Gasteiger partial charge in [-0.25, -0.2) is 4.79 Å². The Kier molecular flexibility index (Phi) is 4.57. The lowest BCUT2D eigenvalue weighted by Crippen LogP contribution is -2.12. The number of ether oxygens (including phenoxy) is 2. The summed E-state index contributed by atoms with van der Waals surface area (Å²) in [5, 5.41) is 17.8. The molecule has 7 heteroatoms. The zero-order valence-corrected chi connectivity index (χ0v) is 9.31. The van der Waals surface area contributed by atoms with Gasteiger partial charge in [-0.05, 0) is 17.7 Å². The number of nitrogens with zero attached hydrogens (tertiary/aromatic N) is 1. The first kappa shape index (κ1) is 13.9. The van der Waals surface area contributed by atoms with Crippen molar-refractivity contribution in [3.63, 3.8) is 0 Å². The van der Waals surface area contributed by atoms with Crippen molar-refractivity contribution in [2.24, 2.45) is 0 Å². The van der Waals surface area contributed by atoms with Crippen LogP contribution >= 0.6 is 0 Å². The molecule has 1 aromatic rings. The van der Waals surface area contributed by atoms with Crippen molar-refractivity contribution in [2.75, 3.05) is 7.11 Å². The van der Waals surface area contributed by atoms with Gasteiger partial charge in [0.2, 0.25) is 0 Å². The summed E-state index contributed by atoms with van der Waals surface area (Å²) in [7, 11) is 1.05. The summed E-state index contributed by atoms with van der Waals surface area (Å²) in [4.78, 5) is 11.4. The standard InChI is InChI=1S/C11H9F2NO4/c1-17-10(16)9-7(4-14)2-6(5-15)3-8(9)18-11(12)13/h2-3,11,15H,5H2,1H3. The smallest absolute Gasteiger partial charge is 0.387 e. The average molecular weight is 257 g/mol. The second kappa shape index (κ2) is 5.93.